The highest BCUT2D eigenvalue weighted by atomic mass is 32.2. The summed E-state index contributed by atoms with van der Waals surface area (Å²) in [5.74, 6) is 0. The Labute approximate surface area is 243 Å². The summed E-state index contributed by atoms with van der Waals surface area (Å²) in [5.41, 5.74) is -2.60. The minimum absolute atomic E-state index is 0.0114. The summed E-state index contributed by atoms with van der Waals surface area (Å²) in [7, 11) is -7.81. The van der Waals surface area contributed by atoms with Gasteiger partial charge in [0.05, 0.1) is 29.4 Å². The van der Waals surface area contributed by atoms with Crippen molar-refractivity contribution in [1.29, 1.82) is 0 Å². The van der Waals surface area contributed by atoms with Crippen LogP contribution >= 0.6 is 12.6 Å². The average molecular weight is 630 g/mol. The van der Waals surface area contributed by atoms with E-state index in [1.54, 1.807) is 53.4 Å². The highest BCUT2D eigenvalue weighted by Crippen LogP contribution is 2.39. The minimum Gasteiger partial charge on any atom is -0.376 e. The number of benzene rings is 3. The van der Waals surface area contributed by atoms with E-state index < -0.39 is 37.9 Å². The van der Waals surface area contributed by atoms with Crippen molar-refractivity contribution >= 4 is 44.1 Å². The number of hydrogen-bond donors (Lipinski definition) is 2. The molecule has 1 fully saturated rings. The van der Waals surface area contributed by atoms with Crippen LogP contribution in [0.2, 0.25) is 0 Å². The number of sulfonamides is 2. The Kier molecular flexibility index (Phi) is 8.72. The van der Waals surface area contributed by atoms with Crippen molar-refractivity contribution in [1.82, 2.24) is 4.31 Å². The van der Waals surface area contributed by atoms with Crippen molar-refractivity contribution in [3.05, 3.63) is 84.4 Å². The van der Waals surface area contributed by atoms with Crippen molar-refractivity contribution in [2.75, 3.05) is 41.6 Å². The van der Waals surface area contributed by atoms with Gasteiger partial charge in [-0.1, -0.05) is 42.5 Å². The lowest BCUT2D eigenvalue weighted by Crippen LogP contribution is -2.59. The van der Waals surface area contributed by atoms with Gasteiger partial charge in [0.2, 0.25) is 20.0 Å². The third-order valence-electron chi connectivity index (χ3n) is 7.06. The second-order valence-electron chi connectivity index (χ2n) is 9.92. The highest BCUT2D eigenvalue weighted by Gasteiger charge is 2.51. The highest BCUT2D eigenvalue weighted by molar-refractivity contribution is 7.92. The first-order valence-electron chi connectivity index (χ1n) is 12.5. The van der Waals surface area contributed by atoms with E-state index >= 15 is 0 Å². The molecule has 0 unspecified atom stereocenters. The number of alkyl halides is 3. The van der Waals surface area contributed by atoms with E-state index in [4.69, 9.17) is 0 Å². The molecule has 0 radical (unpaired) electrons. The van der Waals surface area contributed by atoms with Crippen LogP contribution in [0, 0.1) is 0 Å². The van der Waals surface area contributed by atoms with Crippen LogP contribution in [0.25, 0.3) is 0 Å². The van der Waals surface area contributed by atoms with Crippen LogP contribution in [-0.4, -0.2) is 70.9 Å². The second-order valence-corrected chi connectivity index (χ2v) is 14.2. The van der Waals surface area contributed by atoms with Crippen molar-refractivity contribution in [3.63, 3.8) is 0 Å². The van der Waals surface area contributed by atoms with Crippen LogP contribution in [0.4, 0.5) is 24.5 Å². The van der Waals surface area contributed by atoms with Gasteiger partial charge in [-0.15, -0.1) is 12.6 Å². The van der Waals surface area contributed by atoms with Gasteiger partial charge in [0, 0.05) is 30.2 Å². The summed E-state index contributed by atoms with van der Waals surface area (Å²) in [4.78, 5) is 2.05. The van der Waals surface area contributed by atoms with Gasteiger partial charge in [0.1, 0.15) is 0 Å². The molecule has 4 rings (SSSR count). The molecular weight excluding hydrogens is 600 g/mol. The Morgan fingerprint density at radius 1 is 0.927 bits per heavy atom. The number of piperazine rings is 1. The van der Waals surface area contributed by atoms with Crippen molar-refractivity contribution in [2.24, 2.45) is 0 Å². The molecule has 14 heteroatoms. The van der Waals surface area contributed by atoms with Gasteiger partial charge in [-0.25, -0.2) is 16.8 Å². The van der Waals surface area contributed by atoms with E-state index in [0.29, 0.717) is 18.3 Å². The van der Waals surface area contributed by atoms with Crippen LogP contribution in [-0.2, 0) is 25.6 Å². The fourth-order valence-corrected chi connectivity index (χ4v) is 7.72. The lowest BCUT2D eigenvalue weighted by atomic mass is 9.95. The SMILES string of the molecule is C[C@@](O)(c1ccc(N2CCN(S(=O)(=O)c3ccccc3S)C[C@@H]2CN(c2ccccc2)S(C)(=O)=O)cc1)C(F)(F)F. The van der Waals surface area contributed by atoms with Crippen LogP contribution in [0.3, 0.4) is 0 Å². The number of hydrogen-bond acceptors (Lipinski definition) is 7. The predicted octanol–water partition coefficient (Wildman–Crippen LogP) is 4.09. The fourth-order valence-electron chi connectivity index (χ4n) is 4.71. The summed E-state index contributed by atoms with van der Waals surface area (Å²) in [6, 6.07) is 19.0. The standard InChI is InChI=1S/C27H30F3N3O5S3/c1-26(34,27(28,29)30)20-12-14-21(15-13-20)32-17-16-31(41(37,38)25-11-7-6-10-24(25)39)18-23(32)19-33(40(2,35)36)22-8-4-3-5-9-22/h3-15,23,34,39H,16-19H2,1-2H3/t23-,26-/m1/s1. The molecular formula is C27H30F3N3O5S3. The number of nitrogens with zero attached hydrogens (tertiary/aromatic N) is 3. The molecule has 0 aromatic heterocycles. The number of para-hydroxylation sites is 1. The molecule has 2 atom stereocenters. The summed E-state index contributed by atoms with van der Waals surface area (Å²) < 4.78 is 95.5. The normalized spacial score (nSPS) is 18.6. The molecule has 3 aromatic carbocycles. The topological polar surface area (TPSA) is 98.2 Å². The predicted molar refractivity (Wildman–Crippen MR) is 154 cm³/mol. The molecule has 0 amide bonds. The lowest BCUT2D eigenvalue weighted by Gasteiger charge is -2.44. The zero-order valence-electron chi connectivity index (χ0n) is 22.2. The Balaban J connectivity index is 1.73. The molecule has 1 heterocycles. The lowest BCUT2D eigenvalue weighted by molar-refractivity contribution is -0.258. The molecule has 1 N–H and O–H groups in total. The first kappa shape index (κ1) is 31.2. The molecule has 0 spiro atoms. The quantitative estimate of drug-likeness (QED) is 0.365. The summed E-state index contributed by atoms with van der Waals surface area (Å²) in [6.07, 6.45) is -3.85. The number of anilines is 2. The Morgan fingerprint density at radius 2 is 1.51 bits per heavy atom. The maximum absolute atomic E-state index is 13.6. The second kappa shape index (κ2) is 11.5. The number of halogens is 3. The Bertz CT molecular complexity index is 1580. The monoisotopic (exact) mass is 629 g/mol. The van der Waals surface area contributed by atoms with Crippen molar-refractivity contribution < 1.29 is 35.1 Å². The largest absolute Gasteiger partial charge is 0.421 e. The molecule has 3 aromatic rings. The molecule has 0 aliphatic carbocycles. The number of rotatable bonds is 8. The third kappa shape index (κ3) is 6.51. The van der Waals surface area contributed by atoms with E-state index in [1.807, 2.05) is 0 Å². The van der Waals surface area contributed by atoms with Gasteiger partial charge in [0.15, 0.2) is 5.60 Å². The van der Waals surface area contributed by atoms with Crippen LogP contribution in [0.15, 0.2) is 88.7 Å². The van der Waals surface area contributed by atoms with Gasteiger partial charge in [-0.3, -0.25) is 4.31 Å². The maximum atomic E-state index is 13.6. The Hall–Kier alpha value is -2.78. The zero-order valence-corrected chi connectivity index (χ0v) is 24.8. The van der Waals surface area contributed by atoms with E-state index in [2.05, 4.69) is 12.6 Å². The van der Waals surface area contributed by atoms with Gasteiger partial charge in [0.25, 0.3) is 0 Å². The molecule has 8 nitrogen and oxygen atoms in total. The van der Waals surface area contributed by atoms with Crippen molar-refractivity contribution in [3.8, 4) is 0 Å². The van der Waals surface area contributed by atoms with Gasteiger partial charge in [-0.2, -0.15) is 17.5 Å². The molecule has 41 heavy (non-hydrogen) atoms. The van der Waals surface area contributed by atoms with E-state index in [9.17, 15) is 35.1 Å². The first-order valence-corrected chi connectivity index (χ1v) is 16.2. The smallest absolute Gasteiger partial charge is 0.376 e. The molecule has 1 saturated heterocycles. The number of aliphatic hydroxyl groups is 1. The van der Waals surface area contributed by atoms with Crippen LogP contribution < -0.4 is 9.21 Å². The van der Waals surface area contributed by atoms with E-state index in [1.165, 1.54) is 26.8 Å². The van der Waals surface area contributed by atoms with Gasteiger partial charge < -0.3 is 10.0 Å². The fraction of sp³-hybridized carbons (Fsp3) is 0.333. The van der Waals surface area contributed by atoms with Gasteiger partial charge in [-0.05, 0) is 48.9 Å². The summed E-state index contributed by atoms with van der Waals surface area (Å²) in [5, 5.41) is 10.1. The van der Waals surface area contributed by atoms with Crippen LogP contribution in [0.1, 0.15) is 12.5 Å². The summed E-state index contributed by atoms with van der Waals surface area (Å²) in [6.45, 7) is 0.579. The third-order valence-corrected chi connectivity index (χ3v) is 10.7. The molecule has 0 bridgehead atoms. The first-order chi connectivity index (χ1) is 19.0. The van der Waals surface area contributed by atoms with Gasteiger partial charge >= 0.3 is 6.18 Å². The molecule has 222 valence electrons. The number of thiol groups is 1. The average Bonchev–Trinajstić information content (AvgIpc) is 2.91. The maximum Gasteiger partial charge on any atom is 0.421 e. The van der Waals surface area contributed by atoms with E-state index in [-0.39, 0.29) is 41.5 Å². The molecule has 0 saturated carbocycles. The van der Waals surface area contributed by atoms with Crippen LogP contribution in [0.5, 0.6) is 0 Å². The van der Waals surface area contributed by atoms with E-state index in [0.717, 1.165) is 18.4 Å². The molecule has 1 aliphatic heterocycles. The van der Waals surface area contributed by atoms with Crippen molar-refractivity contribution in [2.45, 2.75) is 34.5 Å². The molecule has 1 aliphatic rings. The minimum atomic E-state index is -4.90. The summed E-state index contributed by atoms with van der Waals surface area (Å²) >= 11 is 4.30. The zero-order chi connectivity index (χ0) is 30.2. The Morgan fingerprint density at radius 3 is 2.07 bits per heavy atom.